The molecule has 6 rings (SSSR count). The highest BCUT2D eigenvalue weighted by Gasteiger charge is 2.34. The molecular formula is C28H33N7O4. The number of ether oxygens (including phenoxy) is 3. The van der Waals surface area contributed by atoms with E-state index >= 15 is 0 Å². The Kier molecular flexibility index (Phi) is 7.16. The van der Waals surface area contributed by atoms with Crippen LogP contribution in [0.4, 0.5) is 5.69 Å². The van der Waals surface area contributed by atoms with E-state index in [0.29, 0.717) is 23.7 Å². The maximum absolute atomic E-state index is 13.6. The number of aromatic amines is 1. The molecule has 2 saturated heterocycles. The SMILES string of the molecule is COc1ccc2cc([C@@H](c3nnnn3C[C@H]3CCCO3)N3CCN(c4ccccc4OC)CC3)c(=O)[nH]c2c1. The van der Waals surface area contributed by atoms with Gasteiger partial charge in [0.1, 0.15) is 17.5 Å². The highest BCUT2D eigenvalue weighted by atomic mass is 16.5. The number of anilines is 1. The molecule has 2 aliphatic rings. The van der Waals surface area contributed by atoms with Crippen LogP contribution in [-0.4, -0.2) is 83.2 Å². The Hall–Kier alpha value is -3.96. The molecule has 0 bridgehead atoms. The van der Waals surface area contributed by atoms with Gasteiger partial charge in [-0.3, -0.25) is 9.69 Å². The van der Waals surface area contributed by atoms with E-state index in [-0.39, 0.29) is 11.7 Å². The molecule has 0 saturated carbocycles. The maximum Gasteiger partial charge on any atom is 0.253 e. The van der Waals surface area contributed by atoms with Crippen molar-refractivity contribution in [2.75, 3.05) is 51.9 Å². The van der Waals surface area contributed by atoms with Gasteiger partial charge in [0.25, 0.3) is 5.56 Å². The molecule has 0 radical (unpaired) electrons. The lowest BCUT2D eigenvalue weighted by atomic mass is 10.0. The van der Waals surface area contributed by atoms with E-state index in [2.05, 4.69) is 36.4 Å². The average Bonchev–Trinajstić information content (AvgIpc) is 3.66. The average molecular weight is 532 g/mol. The molecule has 11 nitrogen and oxygen atoms in total. The Balaban J connectivity index is 1.36. The molecule has 2 aliphatic heterocycles. The first-order valence-electron chi connectivity index (χ1n) is 13.3. The maximum atomic E-state index is 13.6. The third-order valence-electron chi connectivity index (χ3n) is 7.69. The van der Waals surface area contributed by atoms with Gasteiger partial charge in [0, 0.05) is 44.4 Å². The monoisotopic (exact) mass is 531 g/mol. The lowest BCUT2D eigenvalue weighted by Crippen LogP contribution is -2.49. The fraction of sp³-hybridized carbons (Fsp3) is 0.429. The smallest absolute Gasteiger partial charge is 0.253 e. The summed E-state index contributed by atoms with van der Waals surface area (Å²) in [5, 5.41) is 13.7. The first-order chi connectivity index (χ1) is 19.1. The van der Waals surface area contributed by atoms with E-state index in [1.807, 2.05) is 47.1 Å². The zero-order valence-electron chi connectivity index (χ0n) is 22.2. The van der Waals surface area contributed by atoms with Gasteiger partial charge in [0.15, 0.2) is 5.82 Å². The van der Waals surface area contributed by atoms with Crippen LogP contribution in [0.2, 0.25) is 0 Å². The first kappa shape index (κ1) is 25.3. The van der Waals surface area contributed by atoms with Crippen molar-refractivity contribution in [3.63, 3.8) is 0 Å². The molecule has 0 unspecified atom stereocenters. The Morgan fingerprint density at radius 1 is 1.08 bits per heavy atom. The number of fused-ring (bicyclic) bond motifs is 1. The number of H-pyrrole nitrogens is 1. The van der Waals surface area contributed by atoms with Crippen molar-refractivity contribution in [3.05, 3.63) is 70.3 Å². The van der Waals surface area contributed by atoms with Crippen molar-refractivity contribution >= 4 is 16.6 Å². The van der Waals surface area contributed by atoms with E-state index < -0.39 is 6.04 Å². The molecule has 2 atom stereocenters. The number of pyridine rings is 1. The minimum absolute atomic E-state index is 0.0673. The number of hydrogen-bond donors (Lipinski definition) is 1. The number of hydrogen-bond acceptors (Lipinski definition) is 9. The number of nitrogens with zero attached hydrogens (tertiary/aromatic N) is 6. The number of rotatable bonds is 8. The van der Waals surface area contributed by atoms with Gasteiger partial charge in [0.05, 0.1) is 38.1 Å². The van der Waals surface area contributed by atoms with E-state index in [1.54, 1.807) is 14.2 Å². The first-order valence-corrected chi connectivity index (χ1v) is 13.3. The molecule has 2 fully saturated rings. The molecule has 0 spiro atoms. The molecule has 11 heteroatoms. The summed E-state index contributed by atoms with van der Waals surface area (Å²) in [6.45, 7) is 4.29. The lowest BCUT2D eigenvalue weighted by Gasteiger charge is -2.40. The van der Waals surface area contributed by atoms with Crippen LogP contribution in [0.15, 0.2) is 53.3 Å². The Bertz CT molecular complexity index is 1490. The zero-order valence-corrected chi connectivity index (χ0v) is 22.2. The molecule has 4 aromatic rings. The molecular weight excluding hydrogens is 498 g/mol. The number of aromatic nitrogens is 5. The molecule has 2 aromatic carbocycles. The van der Waals surface area contributed by atoms with Gasteiger partial charge in [-0.25, -0.2) is 4.68 Å². The van der Waals surface area contributed by atoms with Crippen molar-refractivity contribution < 1.29 is 14.2 Å². The minimum Gasteiger partial charge on any atom is -0.497 e. The van der Waals surface area contributed by atoms with Crippen LogP contribution in [0.5, 0.6) is 11.5 Å². The molecule has 39 heavy (non-hydrogen) atoms. The van der Waals surface area contributed by atoms with Crippen LogP contribution in [0.1, 0.15) is 30.3 Å². The quantitative estimate of drug-likeness (QED) is 0.367. The number of tetrazole rings is 1. The van der Waals surface area contributed by atoms with Crippen LogP contribution in [-0.2, 0) is 11.3 Å². The fourth-order valence-electron chi connectivity index (χ4n) is 5.66. The van der Waals surface area contributed by atoms with E-state index in [1.165, 1.54) is 0 Å². The number of piperazine rings is 1. The van der Waals surface area contributed by atoms with Crippen molar-refractivity contribution in [2.24, 2.45) is 0 Å². The van der Waals surface area contributed by atoms with Gasteiger partial charge in [-0.15, -0.1) is 5.10 Å². The predicted molar refractivity (Wildman–Crippen MR) is 147 cm³/mol. The van der Waals surface area contributed by atoms with Gasteiger partial charge in [0.2, 0.25) is 0 Å². The van der Waals surface area contributed by atoms with Crippen LogP contribution < -0.4 is 19.9 Å². The van der Waals surface area contributed by atoms with Gasteiger partial charge in [-0.05, 0) is 59.0 Å². The molecule has 2 aromatic heterocycles. The van der Waals surface area contributed by atoms with Crippen molar-refractivity contribution in [1.82, 2.24) is 30.1 Å². The number of benzene rings is 2. The Morgan fingerprint density at radius 2 is 1.92 bits per heavy atom. The van der Waals surface area contributed by atoms with Crippen LogP contribution in [0, 0.1) is 0 Å². The van der Waals surface area contributed by atoms with Gasteiger partial charge >= 0.3 is 0 Å². The Labute approximate surface area is 226 Å². The Morgan fingerprint density at radius 3 is 2.69 bits per heavy atom. The topological polar surface area (TPSA) is 111 Å². The molecule has 0 aliphatic carbocycles. The zero-order chi connectivity index (χ0) is 26.8. The number of para-hydroxylation sites is 2. The summed E-state index contributed by atoms with van der Waals surface area (Å²) >= 11 is 0. The second-order valence-corrected chi connectivity index (χ2v) is 9.96. The normalized spacial score (nSPS) is 18.9. The summed E-state index contributed by atoms with van der Waals surface area (Å²) in [6.07, 6.45) is 2.07. The van der Waals surface area contributed by atoms with E-state index in [0.717, 1.165) is 68.0 Å². The van der Waals surface area contributed by atoms with Crippen molar-refractivity contribution in [1.29, 1.82) is 0 Å². The van der Waals surface area contributed by atoms with E-state index in [9.17, 15) is 4.79 Å². The molecule has 0 amide bonds. The lowest BCUT2D eigenvalue weighted by molar-refractivity contribution is 0.0906. The van der Waals surface area contributed by atoms with Gasteiger partial charge in [-0.1, -0.05) is 12.1 Å². The summed E-state index contributed by atoms with van der Waals surface area (Å²) < 4.78 is 18.6. The number of nitrogens with one attached hydrogen (secondary N) is 1. The largest absolute Gasteiger partial charge is 0.497 e. The summed E-state index contributed by atoms with van der Waals surface area (Å²) in [5.74, 6) is 2.19. The highest BCUT2D eigenvalue weighted by molar-refractivity contribution is 5.80. The summed E-state index contributed by atoms with van der Waals surface area (Å²) in [5.41, 5.74) is 2.24. The predicted octanol–water partition coefficient (Wildman–Crippen LogP) is 2.62. The van der Waals surface area contributed by atoms with Crippen LogP contribution >= 0.6 is 0 Å². The second kappa shape index (κ2) is 11.0. The molecule has 1 N–H and O–H groups in total. The third-order valence-corrected chi connectivity index (χ3v) is 7.69. The highest BCUT2D eigenvalue weighted by Crippen LogP contribution is 2.32. The number of methoxy groups -OCH3 is 2. The van der Waals surface area contributed by atoms with Crippen molar-refractivity contribution in [2.45, 2.75) is 31.5 Å². The minimum atomic E-state index is -0.420. The van der Waals surface area contributed by atoms with E-state index in [4.69, 9.17) is 14.2 Å². The molecule has 4 heterocycles. The molecule has 204 valence electrons. The van der Waals surface area contributed by atoms with Crippen LogP contribution in [0.3, 0.4) is 0 Å². The third kappa shape index (κ3) is 5.07. The van der Waals surface area contributed by atoms with Gasteiger partial charge < -0.3 is 24.1 Å². The summed E-state index contributed by atoms with van der Waals surface area (Å²) in [4.78, 5) is 21.3. The second-order valence-electron chi connectivity index (χ2n) is 9.96. The van der Waals surface area contributed by atoms with Crippen LogP contribution in [0.25, 0.3) is 10.9 Å². The van der Waals surface area contributed by atoms with Gasteiger partial charge in [-0.2, -0.15) is 0 Å². The van der Waals surface area contributed by atoms with Crippen molar-refractivity contribution in [3.8, 4) is 11.5 Å². The fourth-order valence-corrected chi connectivity index (χ4v) is 5.66. The summed E-state index contributed by atoms with van der Waals surface area (Å²) in [6, 6.07) is 15.3. The standard InChI is InChI=1S/C28H33N7O4/c1-37-20-10-9-19-16-22(28(36)29-23(19)17-20)26(27-30-31-32-35(27)18-21-6-5-15-39-21)34-13-11-33(12-14-34)24-7-3-4-8-25(24)38-2/h3-4,7-10,16-17,21,26H,5-6,11-15,18H2,1-2H3,(H,29,36)/t21-,26+/m1/s1. The summed E-state index contributed by atoms with van der Waals surface area (Å²) in [7, 11) is 3.31.